The molecule has 0 aromatic heterocycles. The van der Waals surface area contributed by atoms with Crippen molar-refractivity contribution in [3.8, 4) is 5.75 Å². The quantitative estimate of drug-likeness (QED) is 0.687. The Balaban J connectivity index is 1.94. The van der Waals surface area contributed by atoms with E-state index in [4.69, 9.17) is 4.74 Å². The number of amides is 1. The summed E-state index contributed by atoms with van der Waals surface area (Å²) in [6.45, 7) is 0.647. The van der Waals surface area contributed by atoms with E-state index in [1.807, 2.05) is 23.1 Å². The van der Waals surface area contributed by atoms with Crippen molar-refractivity contribution in [1.29, 1.82) is 0 Å². The number of ether oxygens (including phenoxy) is 1. The molecular formula is C17H17N3O4. The van der Waals surface area contributed by atoms with Crippen LogP contribution >= 0.6 is 0 Å². The van der Waals surface area contributed by atoms with Crippen molar-refractivity contribution >= 4 is 17.3 Å². The molecule has 1 heterocycles. The van der Waals surface area contributed by atoms with Gasteiger partial charge in [-0.2, -0.15) is 0 Å². The number of benzene rings is 2. The van der Waals surface area contributed by atoms with Crippen LogP contribution in [0.3, 0.4) is 0 Å². The lowest BCUT2D eigenvalue weighted by atomic mass is 10.1. The molecule has 2 aromatic rings. The van der Waals surface area contributed by atoms with Gasteiger partial charge in [0.15, 0.2) is 6.10 Å². The molecule has 0 saturated carbocycles. The first-order valence-corrected chi connectivity index (χ1v) is 7.54. The number of carbonyl (C=O) groups is 1. The van der Waals surface area contributed by atoms with Crippen molar-refractivity contribution in [2.24, 2.45) is 0 Å². The lowest BCUT2D eigenvalue weighted by Gasteiger charge is -2.35. The molecule has 1 N–H and O–H groups in total. The summed E-state index contributed by atoms with van der Waals surface area (Å²) in [7, 11) is 1.55. The average Bonchev–Trinajstić information content (AvgIpc) is 2.61. The topological polar surface area (TPSA) is 84.7 Å². The highest BCUT2D eigenvalue weighted by Gasteiger charge is 2.31. The lowest BCUT2D eigenvalue weighted by Crippen LogP contribution is -2.48. The van der Waals surface area contributed by atoms with Gasteiger partial charge in [-0.15, -0.1) is 0 Å². The zero-order valence-corrected chi connectivity index (χ0v) is 13.1. The van der Waals surface area contributed by atoms with Crippen LogP contribution < -0.4 is 15.0 Å². The third-order valence-corrected chi connectivity index (χ3v) is 3.95. The smallest absolute Gasteiger partial charge is 0.274 e. The fraction of sp³-hybridized carbons (Fsp3) is 0.235. The number of anilines is 1. The summed E-state index contributed by atoms with van der Waals surface area (Å²) in [6, 6.07) is 14.0. The van der Waals surface area contributed by atoms with Gasteiger partial charge in [-0.3, -0.25) is 14.9 Å². The molecule has 124 valence electrons. The number of rotatable bonds is 4. The average molecular weight is 327 g/mol. The van der Waals surface area contributed by atoms with Crippen LogP contribution in [0.15, 0.2) is 48.5 Å². The molecule has 1 amide bonds. The molecule has 0 spiro atoms. The number of hydrogen-bond acceptors (Lipinski definition) is 5. The second-order valence-electron chi connectivity index (χ2n) is 5.45. The largest absolute Gasteiger partial charge is 0.477 e. The maximum atomic E-state index is 12.0. The minimum absolute atomic E-state index is 0.0676. The Morgan fingerprint density at radius 2 is 2.00 bits per heavy atom. The Morgan fingerprint density at radius 3 is 2.75 bits per heavy atom. The molecular weight excluding hydrogens is 310 g/mol. The van der Waals surface area contributed by atoms with Crippen LogP contribution in [-0.4, -0.2) is 30.5 Å². The van der Waals surface area contributed by atoms with Crippen LogP contribution in [-0.2, 0) is 11.3 Å². The van der Waals surface area contributed by atoms with Crippen molar-refractivity contribution in [2.75, 3.05) is 18.5 Å². The number of nitrogens with one attached hydrogen (secondary N) is 1. The molecule has 0 unspecified atom stereocenters. The maximum Gasteiger partial charge on any atom is 0.274 e. The number of nitro benzene ring substituents is 1. The summed E-state index contributed by atoms with van der Waals surface area (Å²) in [6.07, 6.45) is -0.660. The summed E-state index contributed by atoms with van der Waals surface area (Å²) >= 11 is 0. The molecule has 1 aliphatic heterocycles. The number of carbonyl (C=O) groups excluding carboxylic acids is 1. The van der Waals surface area contributed by atoms with E-state index in [2.05, 4.69) is 5.32 Å². The van der Waals surface area contributed by atoms with E-state index < -0.39 is 11.0 Å². The van der Waals surface area contributed by atoms with Crippen LogP contribution in [0.1, 0.15) is 5.56 Å². The van der Waals surface area contributed by atoms with Gasteiger partial charge in [0.25, 0.3) is 11.6 Å². The van der Waals surface area contributed by atoms with E-state index in [-0.39, 0.29) is 11.6 Å². The molecule has 0 radical (unpaired) electrons. The molecule has 2 aromatic carbocycles. The Morgan fingerprint density at radius 1 is 1.29 bits per heavy atom. The molecule has 7 heteroatoms. The van der Waals surface area contributed by atoms with Crippen LogP contribution in [0.2, 0.25) is 0 Å². The predicted molar refractivity (Wildman–Crippen MR) is 89.1 cm³/mol. The highest BCUT2D eigenvalue weighted by Crippen LogP contribution is 2.35. The number of likely N-dealkylation sites (N-methyl/N-ethyl adjacent to an activating group) is 1. The van der Waals surface area contributed by atoms with E-state index in [1.54, 1.807) is 31.3 Å². The molecule has 0 saturated heterocycles. The Kier molecular flexibility index (Phi) is 4.33. The molecule has 7 nitrogen and oxygen atoms in total. The van der Waals surface area contributed by atoms with E-state index in [9.17, 15) is 14.9 Å². The first kappa shape index (κ1) is 15.8. The van der Waals surface area contributed by atoms with E-state index >= 15 is 0 Å². The molecule has 24 heavy (non-hydrogen) atoms. The summed E-state index contributed by atoms with van der Waals surface area (Å²) in [5, 5.41) is 13.8. The van der Waals surface area contributed by atoms with Crippen LogP contribution in [0.4, 0.5) is 11.4 Å². The van der Waals surface area contributed by atoms with Gasteiger partial charge < -0.3 is 15.0 Å². The van der Waals surface area contributed by atoms with Gasteiger partial charge in [0.05, 0.1) is 23.7 Å². The summed E-state index contributed by atoms with van der Waals surface area (Å²) in [5.74, 6) is 0.369. The minimum Gasteiger partial charge on any atom is -0.477 e. The Labute approximate surface area is 139 Å². The zero-order chi connectivity index (χ0) is 17.1. The number of hydrogen-bond donors (Lipinski definition) is 1. The van der Waals surface area contributed by atoms with Gasteiger partial charge in [-0.05, 0) is 12.1 Å². The zero-order valence-electron chi connectivity index (χ0n) is 13.1. The van der Waals surface area contributed by atoms with Gasteiger partial charge in [0, 0.05) is 18.7 Å². The number of nitro groups is 1. The van der Waals surface area contributed by atoms with Crippen LogP contribution in [0.5, 0.6) is 5.75 Å². The summed E-state index contributed by atoms with van der Waals surface area (Å²) in [4.78, 5) is 24.7. The summed E-state index contributed by atoms with van der Waals surface area (Å²) < 4.78 is 5.74. The van der Waals surface area contributed by atoms with Gasteiger partial charge in [-0.1, -0.05) is 30.3 Å². The van der Waals surface area contributed by atoms with Crippen LogP contribution in [0, 0.1) is 10.1 Å². The van der Waals surface area contributed by atoms with Gasteiger partial charge >= 0.3 is 0 Å². The van der Waals surface area contributed by atoms with Crippen molar-refractivity contribution in [1.82, 2.24) is 5.32 Å². The molecule has 1 aliphatic rings. The standard InChI is InChI=1S/C17H17N3O4/c1-18-17(21)16-11-19(14-8-4-5-9-15(14)24-16)10-12-6-2-3-7-13(12)20(22)23/h2-9,16H,10-11H2,1H3,(H,18,21)/t16-/m1/s1. The number of fused-ring (bicyclic) bond motifs is 1. The van der Waals surface area contributed by atoms with Crippen molar-refractivity contribution in [3.05, 3.63) is 64.2 Å². The normalized spacial score (nSPS) is 16.0. The monoisotopic (exact) mass is 327 g/mol. The first-order valence-electron chi connectivity index (χ1n) is 7.54. The Bertz CT molecular complexity index is 778. The highest BCUT2D eigenvalue weighted by atomic mass is 16.6. The molecule has 3 rings (SSSR count). The van der Waals surface area contributed by atoms with Gasteiger partial charge in [0.1, 0.15) is 5.75 Å². The fourth-order valence-electron chi connectivity index (χ4n) is 2.78. The number of nitrogens with zero attached hydrogens (tertiary/aromatic N) is 2. The van der Waals surface area contributed by atoms with E-state index in [1.165, 1.54) is 6.07 Å². The maximum absolute atomic E-state index is 12.0. The predicted octanol–water partition coefficient (Wildman–Crippen LogP) is 2.11. The fourth-order valence-corrected chi connectivity index (χ4v) is 2.78. The van der Waals surface area contributed by atoms with Crippen LogP contribution in [0.25, 0.3) is 0 Å². The first-order chi connectivity index (χ1) is 11.6. The molecule has 0 aliphatic carbocycles. The Hall–Kier alpha value is -3.09. The number of para-hydroxylation sites is 3. The van der Waals surface area contributed by atoms with Crippen molar-refractivity contribution < 1.29 is 14.5 Å². The minimum atomic E-state index is -0.660. The third-order valence-electron chi connectivity index (χ3n) is 3.95. The van der Waals surface area contributed by atoms with Gasteiger partial charge in [0.2, 0.25) is 0 Å². The molecule has 1 atom stereocenters. The van der Waals surface area contributed by atoms with E-state index in [0.717, 1.165) is 5.69 Å². The van der Waals surface area contributed by atoms with Crippen molar-refractivity contribution in [2.45, 2.75) is 12.6 Å². The van der Waals surface area contributed by atoms with Gasteiger partial charge in [-0.25, -0.2) is 0 Å². The molecule has 0 bridgehead atoms. The van der Waals surface area contributed by atoms with Crippen molar-refractivity contribution in [3.63, 3.8) is 0 Å². The second-order valence-corrected chi connectivity index (χ2v) is 5.45. The second kappa shape index (κ2) is 6.57. The summed E-state index contributed by atoms with van der Waals surface area (Å²) in [5.41, 5.74) is 1.48. The van der Waals surface area contributed by atoms with E-state index in [0.29, 0.717) is 24.4 Å². The molecule has 0 fully saturated rings. The highest BCUT2D eigenvalue weighted by molar-refractivity contribution is 5.83. The SMILES string of the molecule is CNC(=O)[C@H]1CN(Cc2ccccc2[N+](=O)[O-])c2ccccc2O1. The third kappa shape index (κ3) is 3.01. The lowest BCUT2D eigenvalue weighted by molar-refractivity contribution is -0.385.